The molecular weight excluding hydrogens is 342 g/mol. The third-order valence-corrected chi connectivity index (χ3v) is 10.5. The predicted molar refractivity (Wildman–Crippen MR) is 118 cm³/mol. The van der Waals surface area contributed by atoms with Crippen molar-refractivity contribution in [3.05, 3.63) is 0 Å². The average Bonchev–Trinajstić information content (AvgIpc) is 2.99. The lowest BCUT2D eigenvalue weighted by molar-refractivity contribution is -0.127. The van der Waals surface area contributed by atoms with Crippen molar-refractivity contribution in [3.63, 3.8) is 0 Å². The van der Waals surface area contributed by atoms with E-state index in [1.165, 1.54) is 57.9 Å². The van der Waals surface area contributed by atoms with Crippen LogP contribution < -0.4 is 5.32 Å². The second-order valence-electron chi connectivity index (χ2n) is 12.2. The van der Waals surface area contributed by atoms with Crippen LogP contribution in [0, 0.1) is 46.3 Å². The zero-order valence-electron chi connectivity index (χ0n) is 19.3. The molecule has 0 heterocycles. The van der Waals surface area contributed by atoms with Gasteiger partial charge in [0.25, 0.3) is 0 Å². The highest BCUT2D eigenvalue weighted by Crippen LogP contribution is 2.67. The van der Waals surface area contributed by atoms with Crippen LogP contribution in [0.25, 0.3) is 0 Å². The molecule has 0 aromatic heterocycles. The van der Waals surface area contributed by atoms with E-state index in [9.17, 15) is 5.11 Å². The largest absolute Gasteiger partial charge is 0.393 e. The number of hydrogen-bond acceptors (Lipinski definition) is 2. The highest BCUT2D eigenvalue weighted by molar-refractivity contribution is 5.10. The fourth-order valence-corrected chi connectivity index (χ4v) is 8.84. The van der Waals surface area contributed by atoms with Gasteiger partial charge in [-0.1, -0.05) is 27.7 Å². The zero-order chi connectivity index (χ0) is 20.1. The molecule has 0 radical (unpaired) electrons. The quantitative estimate of drug-likeness (QED) is 0.601. The highest BCUT2D eigenvalue weighted by Gasteiger charge is 2.60. The minimum atomic E-state index is -0.0166. The summed E-state index contributed by atoms with van der Waals surface area (Å²) in [6, 6.07) is 0.669. The average molecular weight is 390 g/mol. The standard InChI is InChI=1S/C26H47NO/c1-17(2)12-15-27-18(3)22-8-9-23-21-7-6-19-16-20(28)10-13-25(19,4)24(21)11-14-26(22,23)5/h17-24,27-28H,6-16H2,1-5H3/t18?,19-,20-,21-,22?,23-,24-,25-,26+/m0/s1. The molecule has 162 valence electrons. The Morgan fingerprint density at radius 3 is 2.36 bits per heavy atom. The monoisotopic (exact) mass is 389 g/mol. The van der Waals surface area contributed by atoms with Gasteiger partial charge in [-0.05, 0) is 124 Å². The normalized spacial score (nSPS) is 49.4. The summed E-state index contributed by atoms with van der Waals surface area (Å²) in [4.78, 5) is 0. The number of rotatable bonds is 5. The van der Waals surface area contributed by atoms with E-state index in [0.717, 1.165) is 48.3 Å². The van der Waals surface area contributed by atoms with Crippen molar-refractivity contribution >= 4 is 0 Å². The molecule has 4 saturated carbocycles. The van der Waals surface area contributed by atoms with E-state index >= 15 is 0 Å². The van der Waals surface area contributed by atoms with Gasteiger partial charge in [-0.2, -0.15) is 0 Å². The van der Waals surface area contributed by atoms with Crippen LogP contribution >= 0.6 is 0 Å². The maximum absolute atomic E-state index is 10.2. The van der Waals surface area contributed by atoms with E-state index < -0.39 is 0 Å². The van der Waals surface area contributed by atoms with Crippen LogP contribution in [0.1, 0.15) is 98.8 Å². The van der Waals surface area contributed by atoms with Crippen molar-refractivity contribution in [2.45, 2.75) is 111 Å². The molecule has 28 heavy (non-hydrogen) atoms. The van der Waals surface area contributed by atoms with Gasteiger partial charge in [0.1, 0.15) is 0 Å². The Bertz CT molecular complexity index is 547. The minimum Gasteiger partial charge on any atom is -0.393 e. The molecule has 0 spiro atoms. The van der Waals surface area contributed by atoms with Gasteiger partial charge >= 0.3 is 0 Å². The number of nitrogens with one attached hydrogen (secondary N) is 1. The van der Waals surface area contributed by atoms with E-state index in [4.69, 9.17) is 0 Å². The lowest BCUT2D eigenvalue weighted by Crippen LogP contribution is -2.55. The fraction of sp³-hybridized carbons (Fsp3) is 1.00. The fourth-order valence-electron chi connectivity index (χ4n) is 8.84. The molecule has 0 aromatic rings. The number of fused-ring (bicyclic) bond motifs is 5. The first-order valence-corrected chi connectivity index (χ1v) is 12.7. The van der Waals surface area contributed by atoms with Crippen LogP contribution in [0.3, 0.4) is 0 Å². The molecule has 2 heteroatoms. The molecule has 2 nitrogen and oxygen atoms in total. The summed E-state index contributed by atoms with van der Waals surface area (Å²) in [5, 5.41) is 14.2. The molecule has 4 fully saturated rings. The van der Waals surface area contributed by atoms with E-state index in [1.807, 2.05) is 0 Å². The Hall–Kier alpha value is -0.0800. The lowest BCUT2D eigenvalue weighted by atomic mass is 9.44. The van der Waals surface area contributed by atoms with Crippen molar-refractivity contribution in [1.82, 2.24) is 5.32 Å². The minimum absolute atomic E-state index is 0.0166. The molecule has 0 aliphatic heterocycles. The molecule has 0 bridgehead atoms. The highest BCUT2D eigenvalue weighted by atomic mass is 16.3. The molecule has 2 N–H and O–H groups in total. The molecule has 4 aliphatic carbocycles. The topological polar surface area (TPSA) is 32.3 Å². The Morgan fingerprint density at radius 2 is 1.61 bits per heavy atom. The first kappa shape index (κ1) is 21.2. The maximum Gasteiger partial charge on any atom is 0.0543 e. The van der Waals surface area contributed by atoms with E-state index in [1.54, 1.807) is 0 Å². The van der Waals surface area contributed by atoms with Crippen LogP contribution in [0.4, 0.5) is 0 Å². The van der Waals surface area contributed by atoms with Crippen molar-refractivity contribution in [2.75, 3.05) is 6.54 Å². The predicted octanol–water partition coefficient (Wildman–Crippen LogP) is 6.03. The maximum atomic E-state index is 10.2. The Kier molecular flexibility index (Phi) is 5.95. The Labute approximate surface area is 174 Å². The molecule has 0 saturated heterocycles. The second kappa shape index (κ2) is 7.88. The third kappa shape index (κ3) is 3.49. The summed E-state index contributed by atoms with van der Waals surface area (Å²) < 4.78 is 0. The van der Waals surface area contributed by atoms with Gasteiger partial charge in [-0.15, -0.1) is 0 Å². The van der Waals surface area contributed by atoms with Crippen molar-refractivity contribution < 1.29 is 5.11 Å². The lowest BCUT2D eigenvalue weighted by Gasteiger charge is -2.61. The van der Waals surface area contributed by atoms with Gasteiger partial charge in [0.15, 0.2) is 0 Å². The van der Waals surface area contributed by atoms with Gasteiger partial charge in [0.2, 0.25) is 0 Å². The molecule has 2 unspecified atom stereocenters. The van der Waals surface area contributed by atoms with Crippen molar-refractivity contribution in [3.8, 4) is 0 Å². The summed E-state index contributed by atoms with van der Waals surface area (Å²) in [6.45, 7) is 13.6. The van der Waals surface area contributed by atoms with Gasteiger partial charge in [0.05, 0.1) is 6.10 Å². The Morgan fingerprint density at radius 1 is 0.893 bits per heavy atom. The first-order valence-electron chi connectivity index (χ1n) is 12.7. The first-order chi connectivity index (χ1) is 13.3. The van der Waals surface area contributed by atoms with Gasteiger partial charge in [-0.3, -0.25) is 0 Å². The Balaban J connectivity index is 1.46. The summed E-state index contributed by atoms with van der Waals surface area (Å²) in [5.41, 5.74) is 1.07. The number of hydrogen-bond donors (Lipinski definition) is 2. The number of aliphatic hydroxyl groups is 1. The summed E-state index contributed by atoms with van der Waals surface area (Å²) in [5.74, 6) is 5.30. The van der Waals surface area contributed by atoms with Crippen LogP contribution in [-0.4, -0.2) is 23.8 Å². The van der Waals surface area contributed by atoms with Crippen LogP contribution in [0.2, 0.25) is 0 Å². The smallest absolute Gasteiger partial charge is 0.0543 e. The molecular formula is C26H47NO. The molecule has 4 rings (SSSR count). The van der Waals surface area contributed by atoms with Crippen molar-refractivity contribution in [1.29, 1.82) is 0 Å². The van der Waals surface area contributed by atoms with Crippen LogP contribution in [0.5, 0.6) is 0 Å². The van der Waals surface area contributed by atoms with E-state index in [-0.39, 0.29) is 6.10 Å². The SMILES string of the molecule is CC(C)CCNC(C)C1CC[C@H]2[C@@H]3CC[C@H]4C[C@@H](O)CC[C@]4(C)[C@H]3CC[C@]12C. The number of aliphatic hydroxyl groups excluding tert-OH is 1. The second-order valence-corrected chi connectivity index (χ2v) is 12.2. The van der Waals surface area contributed by atoms with Gasteiger partial charge in [0, 0.05) is 6.04 Å². The van der Waals surface area contributed by atoms with Gasteiger partial charge < -0.3 is 10.4 Å². The summed E-state index contributed by atoms with van der Waals surface area (Å²) >= 11 is 0. The molecule has 0 amide bonds. The molecule has 0 aromatic carbocycles. The molecule has 9 atom stereocenters. The molecule has 4 aliphatic rings. The summed E-state index contributed by atoms with van der Waals surface area (Å²) in [7, 11) is 0. The van der Waals surface area contributed by atoms with E-state index in [2.05, 4.69) is 39.9 Å². The van der Waals surface area contributed by atoms with Crippen LogP contribution in [-0.2, 0) is 0 Å². The summed E-state index contributed by atoms with van der Waals surface area (Å²) in [6.07, 6.45) is 13.3. The van der Waals surface area contributed by atoms with E-state index in [0.29, 0.717) is 16.9 Å². The zero-order valence-corrected chi connectivity index (χ0v) is 19.3. The van der Waals surface area contributed by atoms with Crippen molar-refractivity contribution in [2.24, 2.45) is 46.3 Å². The third-order valence-electron chi connectivity index (χ3n) is 10.5. The van der Waals surface area contributed by atoms with Gasteiger partial charge in [-0.25, -0.2) is 0 Å². The van der Waals surface area contributed by atoms with Crippen LogP contribution in [0.15, 0.2) is 0 Å².